The summed E-state index contributed by atoms with van der Waals surface area (Å²) in [5, 5.41) is 3.44. The van der Waals surface area contributed by atoms with Crippen LogP contribution in [0, 0.1) is 12.9 Å². The molecule has 24 heavy (non-hydrogen) atoms. The lowest BCUT2D eigenvalue weighted by molar-refractivity contribution is 0.330. The third-order valence-electron chi connectivity index (χ3n) is 4.48. The van der Waals surface area contributed by atoms with Gasteiger partial charge in [-0.3, -0.25) is 4.90 Å². The molecule has 2 rings (SSSR count). The highest BCUT2D eigenvalue weighted by Crippen LogP contribution is 2.27. The number of aryl methyl sites for hydroxylation is 1. The van der Waals surface area contributed by atoms with Gasteiger partial charge >= 0.3 is 0 Å². The maximum Gasteiger partial charge on any atom is 0.216 e. The largest absolute Gasteiger partial charge is 0.375 e. The minimum Gasteiger partial charge on any atom is -0.375 e. The quantitative estimate of drug-likeness (QED) is 0.604. The molecule has 1 fully saturated rings. The summed E-state index contributed by atoms with van der Waals surface area (Å²) in [7, 11) is 2.09. The average Bonchev–Trinajstić information content (AvgIpc) is 2.99. The second-order valence-electron chi connectivity index (χ2n) is 6.19. The standard InChI is InChI=1S/C20H26FN3/c1-6-9-16(7-2)19(17-12-11-14(3)20(21)23-17)22-15(4)18-10-8-13-24(18)5/h6-7,9,11-12,18-19,22H,1-2,4,8,10,13H2,3,5H3/b16-9+/t18?,19-/m0/s1. The molecule has 1 aromatic heterocycles. The number of hydrogen-bond donors (Lipinski definition) is 1. The molecule has 1 aliphatic heterocycles. The number of allylic oxidation sites excluding steroid dienone is 2. The predicted molar refractivity (Wildman–Crippen MR) is 98.1 cm³/mol. The van der Waals surface area contributed by atoms with Crippen molar-refractivity contribution >= 4 is 0 Å². The maximum atomic E-state index is 14.0. The van der Waals surface area contributed by atoms with E-state index in [9.17, 15) is 4.39 Å². The van der Waals surface area contributed by atoms with E-state index in [1.54, 1.807) is 25.1 Å². The van der Waals surface area contributed by atoms with Crippen molar-refractivity contribution in [3.8, 4) is 0 Å². The van der Waals surface area contributed by atoms with Gasteiger partial charge < -0.3 is 5.32 Å². The third-order valence-corrected chi connectivity index (χ3v) is 4.48. The summed E-state index contributed by atoms with van der Waals surface area (Å²) in [5.41, 5.74) is 2.93. The molecule has 128 valence electrons. The summed E-state index contributed by atoms with van der Waals surface area (Å²) < 4.78 is 14.0. The van der Waals surface area contributed by atoms with Crippen molar-refractivity contribution in [3.63, 3.8) is 0 Å². The molecule has 2 atom stereocenters. The van der Waals surface area contributed by atoms with Crippen molar-refractivity contribution in [3.05, 3.63) is 78.6 Å². The van der Waals surface area contributed by atoms with Gasteiger partial charge in [0, 0.05) is 17.3 Å². The van der Waals surface area contributed by atoms with E-state index < -0.39 is 5.95 Å². The Morgan fingerprint density at radius 3 is 2.75 bits per heavy atom. The molecule has 1 aromatic rings. The SMILES string of the molecule is C=C/C=C(\C=C)[C@H](NC(=C)C1CCCN1C)c1ccc(C)c(F)n1. The number of rotatable bonds is 7. The highest BCUT2D eigenvalue weighted by molar-refractivity contribution is 5.34. The molecule has 0 bridgehead atoms. The van der Waals surface area contributed by atoms with Gasteiger partial charge in [0.15, 0.2) is 0 Å². The Balaban J connectivity index is 2.33. The Labute approximate surface area is 144 Å². The lowest BCUT2D eigenvalue weighted by atomic mass is 10.0. The Morgan fingerprint density at radius 1 is 1.46 bits per heavy atom. The predicted octanol–water partition coefficient (Wildman–Crippen LogP) is 4.07. The summed E-state index contributed by atoms with van der Waals surface area (Å²) in [4.78, 5) is 6.39. The second-order valence-corrected chi connectivity index (χ2v) is 6.19. The summed E-state index contributed by atoms with van der Waals surface area (Å²) in [5.74, 6) is -0.454. The van der Waals surface area contributed by atoms with Gasteiger partial charge in [-0.25, -0.2) is 4.98 Å². The average molecular weight is 327 g/mol. The van der Waals surface area contributed by atoms with Crippen LogP contribution in [0.25, 0.3) is 0 Å². The van der Waals surface area contributed by atoms with Crippen molar-refractivity contribution in [2.24, 2.45) is 0 Å². The van der Waals surface area contributed by atoms with Crippen LogP contribution in [-0.2, 0) is 0 Å². The van der Waals surface area contributed by atoms with Crippen LogP contribution in [0.4, 0.5) is 4.39 Å². The molecule has 4 heteroatoms. The van der Waals surface area contributed by atoms with E-state index in [0.29, 0.717) is 11.3 Å². The van der Waals surface area contributed by atoms with Crippen molar-refractivity contribution in [1.82, 2.24) is 15.2 Å². The molecule has 0 spiro atoms. The molecule has 1 saturated heterocycles. The van der Waals surface area contributed by atoms with Crippen molar-refractivity contribution in [1.29, 1.82) is 0 Å². The Bertz CT molecular complexity index is 663. The summed E-state index contributed by atoms with van der Waals surface area (Å²) >= 11 is 0. The Morgan fingerprint density at radius 2 is 2.21 bits per heavy atom. The third kappa shape index (κ3) is 4.01. The molecule has 1 aliphatic rings. The van der Waals surface area contributed by atoms with Gasteiger partial charge in [-0.15, -0.1) is 0 Å². The fraction of sp³-hybridized carbons (Fsp3) is 0.350. The van der Waals surface area contributed by atoms with Gasteiger partial charge in [0.25, 0.3) is 0 Å². The minimum absolute atomic E-state index is 0.276. The lowest BCUT2D eigenvalue weighted by Crippen LogP contribution is -2.35. The lowest BCUT2D eigenvalue weighted by Gasteiger charge is -2.28. The van der Waals surface area contributed by atoms with Crippen LogP contribution >= 0.6 is 0 Å². The first-order chi connectivity index (χ1) is 11.5. The van der Waals surface area contributed by atoms with Crippen molar-refractivity contribution in [2.75, 3.05) is 13.6 Å². The van der Waals surface area contributed by atoms with Crippen LogP contribution in [0.3, 0.4) is 0 Å². The van der Waals surface area contributed by atoms with E-state index in [4.69, 9.17) is 0 Å². The van der Waals surface area contributed by atoms with Crippen molar-refractivity contribution < 1.29 is 4.39 Å². The molecular formula is C20H26FN3. The Kier molecular flexibility index (Phi) is 6.10. The number of halogens is 1. The first kappa shape index (κ1) is 18.1. The van der Waals surface area contributed by atoms with E-state index in [1.165, 1.54) is 0 Å². The molecule has 3 nitrogen and oxygen atoms in total. The maximum absolute atomic E-state index is 14.0. The molecule has 0 aromatic carbocycles. The highest BCUT2D eigenvalue weighted by atomic mass is 19.1. The number of nitrogens with one attached hydrogen (secondary N) is 1. The van der Waals surface area contributed by atoms with Crippen LogP contribution in [-0.4, -0.2) is 29.5 Å². The molecule has 0 saturated carbocycles. The Hall–Kier alpha value is -2.20. The molecule has 0 amide bonds. The molecule has 0 aliphatic carbocycles. The van der Waals surface area contributed by atoms with Crippen LogP contribution in [0.1, 0.15) is 30.1 Å². The minimum atomic E-state index is -0.454. The number of aromatic nitrogens is 1. The van der Waals surface area contributed by atoms with Gasteiger partial charge in [0.2, 0.25) is 5.95 Å². The number of likely N-dealkylation sites (N-methyl/N-ethyl adjacent to an activating group) is 1. The first-order valence-electron chi connectivity index (χ1n) is 8.21. The van der Waals surface area contributed by atoms with Gasteiger partial charge in [-0.1, -0.05) is 44.0 Å². The second kappa shape index (κ2) is 8.06. The van der Waals surface area contributed by atoms with E-state index in [1.807, 2.05) is 12.1 Å². The van der Waals surface area contributed by atoms with E-state index in [-0.39, 0.29) is 12.1 Å². The van der Waals surface area contributed by atoms with E-state index >= 15 is 0 Å². The molecule has 1 N–H and O–H groups in total. The number of pyridine rings is 1. The molecule has 1 unspecified atom stereocenters. The highest BCUT2D eigenvalue weighted by Gasteiger charge is 2.26. The zero-order chi connectivity index (χ0) is 17.7. The summed E-state index contributed by atoms with van der Waals surface area (Å²) in [6, 6.07) is 3.54. The monoisotopic (exact) mass is 327 g/mol. The van der Waals surface area contributed by atoms with E-state index in [0.717, 1.165) is 30.7 Å². The molecule has 2 heterocycles. The first-order valence-corrected chi connectivity index (χ1v) is 8.21. The summed E-state index contributed by atoms with van der Waals surface area (Å²) in [6.45, 7) is 14.6. The van der Waals surface area contributed by atoms with E-state index in [2.05, 4.69) is 42.0 Å². The topological polar surface area (TPSA) is 28.2 Å². The summed E-state index contributed by atoms with van der Waals surface area (Å²) in [6.07, 6.45) is 7.51. The molecular weight excluding hydrogens is 301 g/mol. The van der Waals surface area contributed by atoms with Crippen LogP contribution < -0.4 is 5.32 Å². The normalized spacial score (nSPS) is 19.8. The van der Waals surface area contributed by atoms with Crippen LogP contribution in [0.15, 0.2) is 61.4 Å². The van der Waals surface area contributed by atoms with Crippen LogP contribution in [0.2, 0.25) is 0 Å². The number of hydrogen-bond acceptors (Lipinski definition) is 3. The molecule has 0 radical (unpaired) electrons. The smallest absolute Gasteiger partial charge is 0.216 e. The van der Waals surface area contributed by atoms with Gasteiger partial charge in [-0.2, -0.15) is 4.39 Å². The van der Waals surface area contributed by atoms with Gasteiger partial charge in [-0.05, 0) is 45.0 Å². The van der Waals surface area contributed by atoms with Gasteiger partial charge in [0.1, 0.15) is 0 Å². The van der Waals surface area contributed by atoms with Crippen LogP contribution in [0.5, 0.6) is 0 Å². The zero-order valence-electron chi connectivity index (χ0n) is 14.6. The number of likely N-dealkylation sites (tertiary alicyclic amines) is 1. The number of nitrogens with zero attached hydrogens (tertiary/aromatic N) is 2. The van der Waals surface area contributed by atoms with Gasteiger partial charge in [0.05, 0.1) is 11.7 Å². The van der Waals surface area contributed by atoms with Crippen molar-refractivity contribution in [2.45, 2.75) is 31.8 Å². The fourth-order valence-corrected chi connectivity index (χ4v) is 3.06. The zero-order valence-corrected chi connectivity index (χ0v) is 14.6. The fourth-order valence-electron chi connectivity index (χ4n) is 3.06.